The van der Waals surface area contributed by atoms with Gasteiger partial charge in [0.05, 0.1) is 11.1 Å². The van der Waals surface area contributed by atoms with Gasteiger partial charge in [0, 0.05) is 28.5 Å². The molecule has 0 aromatic heterocycles. The fourth-order valence-electron chi connectivity index (χ4n) is 2.58. The minimum atomic E-state index is -4.88. The Kier molecular flexibility index (Phi) is 7.65. The van der Waals surface area contributed by atoms with E-state index in [4.69, 9.17) is 5.73 Å². The molecular weight excluding hydrogens is 414 g/mol. The zero-order chi connectivity index (χ0) is 21.7. The van der Waals surface area contributed by atoms with E-state index in [1.54, 1.807) is 24.3 Å². The van der Waals surface area contributed by atoms with E-state index in [-0.39, 0.29) is 17.4 Å². The van der Waals surface area contributed by atoms with Gasteiger partial charge in [0.15, 0.2) is 0 Å². The first kappa shape index (κ1) is 23.2. The van der Waals surface area contributed by atoms with Gasteiger partial charge in [-0.2, -0.15) is 26.3 Å². The zero-order valence-electron chi connectivity index (χ0n) is 15.3. The molecule has 0 atom stereocenters. The van der Waals surface area contributed by atoms with Gasteiger partial charge in [-0.3, -0.25) is 0 Å². The average Bonchev–Trinajstić information content (AvgIpc) is 2.65. The first-order valence-electron chi connectivity index (χ1n) is 8.66. The van der Waals surface area contributed by atoms with Gasteiger partial charge >= 0.3 is 12.4 Å². The molecule has 0 aliphatic heterocycles. The van der Waals surface area contributed by atoms with Crippen molar-refractivity contribution in [1.82, 2.24) is 5.32 Å². The molecule has 3 N–H and O–H groups in total. The highest BCUT2D eigenvalue weighted by Gasteiger charge is 2.38. The van der Waals surface area contributed by atoms with Crippen LogP contribution in [0, 0.1) is 0 Å². The highest BCUT2D eigenvalue weighted by atomic mass is 32.2. The van der Waals surface area contributed by atoms with Crippen molar-refractivity contribution in [1.29, 1.82) is 0 Å². The Morgan fingerprint density at radius 1 is 1.00 bits per heavy atom. The van der Waals surface area contributed by atoms with E-state index in [0.29, 0.717) is 29.7 Å². The lowest BCUT2D eigenvalue weighted by Crippen LogP contribution is -2.16. The van der Waals surface area contributed by atoms with Crippen LogP contribution in [0.2, 0.25) is 0 Å². The van der Waals surface area contributed by atoms with Gasteiger partial charge in [0.25, 0.3) is 0 Å². The molecule has 2 aromatic rings. The number of benzene rings is 2. The largest absolute Gasteiger partial charge is 0.416 e. The maximum absolute atomic E-state index is 13.3. The lowest BCUT2D eigenvalue weighted by Gasteiger charge is -2.17. The molecule has 0 aliphatic carbocycles. The second-order valence-electron chi connectivity index (χ2n) is 6.20. The van der Waals surface area contributed by atoms with Gasteiger partial charge in [-0.15, -0.1) is 11.8 Å². The standard InChI is InChI=1S/C20H20F6N2S/c1-13(28-10-4-9-27)16-5-2-3-6-18(16)29-12-14-7-8-15(19(21,22)23)11-17(14)20(24,25)26/h2-3,5-8,11,28H,1,4,9-10,12,27H2. The van der Waals surface area contributed by atoms with Crippen molar-refractivity contribution >= 4 is 17.5 Å². The summed E-state index contributed by atoms with van der Waals surface area (Å²) < 4.78 is 78.4. The van der Waals surface area contributed by atoms with Crippen LogP contribution in [-0.4, -0.2) is 13.1 Å². The summed E-state index contributed by atoms with van der Waals surface area (Å²) in [5.74, 6) is -0.139. The van der Waals surface area contributed by atoms with E-state index < -0.39 is 23.5 Å². The zero-order valence-corrected chi connectivity index (χ0v) is 16.1. The molecule has 0 amide bonds. The number of rotatable bonds is 8. The van der Waals surface area contributed by atoms with Crippen molar-refractivity contribution in [3.63, 3.8) is 0 Å². The van der Waals surface area contributed by atoms with Crippen LogP contribution in [0.15, 0.2) is 53.9 Å². The van der Waals surface area contributed by atoms with Crippen LogP contribution < -0.4 is 11.1 Å². The number of hydrogen-bond acceptors (Lipinski definition) is 3. The molecule has 29 heavy (non-hydrogen) atoms. The minimum Gasteiger partial charge on any atom is -0.385 e. The molecular formula is C20H20F6N2S. The Morgan fingerprint density at radius 3 is 2.31 bits per heavy atom. The van der Waals surface area contributed by atoms with Crippen LogP contribution in [0.1, 0.15) is 28.7 Å². The van der Waals surface area contributed by atoms with Crippen molar-refractivity contribution < 1.29 is 26.3 Å². The highest BCUT2D eigenvalue weighted by Crippen LogP contribution is 2.39. The quantitative estimate of drug-likeness (QED) is 0.307. The van der Waals surface area contributed by atoms with Crippen molar-refractivity contribution in [2.45, 2.75) is 29.4 Å². The number of alkyl halides is 6. The Bertz CT molecular complexity index is 846. The highest BCUT2D eigenvalue weighted by molar-refractivity contribution is 7.98. The first-order valence-corrected chi connectivity index (χ1v) is 9.65. The maximum Gasteiger partial charge on any atom is 0.416 e. The van der Waals surface area contributed by atoms with Crippen LogP contribution >= 0.6 is 11.8 Å². The number of halogens is 6. The molecule has 9 heteroatoms. The number of thioether (sulfide) groups is 1. The smallest absolute Gasteiger partial charge is 0.385 e. The Hall–Kier alpha value is -2.13. The second-order valence-corrected chi connectivity index (χ2v) is 7.22. The second kappa shape index (κ2) is 9.58. The molecule has 0 saturated heterocycles. The van der Waals surface area contributed by atoms with Gasteiger partial charge in [-0.1, -0.05) is 30.8 Å². The monoisotopic (exact) mass is 434 g/mol. The Morgan fingerprint density at radius 2 is 1.69 bits per heavy atom. The Balaban J connectivity index is 2.25. The van der Waals surface area contributed by atoms with Gasteiger partial charge in [-0.25, -0.2) is 0 Å². The van der Waals surface area contributed by atoms with Crippen LogP contribution in [0.4, 0.5) is 26.3 Å². The summed E-state index contributed by atoms with van der Waals surface area (Å²) in [6, 6.07) is 8.73. The molecule has 0 saturated carbocycles. The van der Waals surface area contributed by atoms with Gasteiger partial charge in [0.1, 0.15) is 0 Å². The van der Waals surface area contributed by atoms with Crippen molar-refractivity contribution in [3.8, 4) is 0 Å². The van der Waals surface area contributed by atoms with Crippen LogP contribution in [0.5, 0.6) is 0 Å². The third-order valence-electron chi connectivity index (χ3n) is 4.06. The predicted octanol–water partition coefficient (Wildman–Crippen LogP) is 5.93. The molecule has 0 heterocycles. The fraction of sp³-hybridized carbons (Fsp3) is 0.300. The summed E-state index contributed by atoms with van der Waals surface area (Å²) in [4.78, 5) is 0.672. The summed E-state index contributed by atoms with van der Waals surface area (Å²) >= 11 is 1.10. The van der Waals surface area contributed by atoms with Crippen LogP contribution in [-0.2, 0) is 18.1 Å². The lowest BCUT2D eigenvalue weighted by atomic mass is 10.0. The molecule has 158 valence electrons. The molecule has 2 rings (SSSR count). The topological polar surface area (TPSA) is 38.0 Å². The molecule has 0 bridgehead atoms. The number of hydrogen-bond donors (Lipinski definition) is 2. The Labute approximate surface area is 169 Å². The summed E-state index contributed by atoms with van der Waals surface area (Å²) in [6.07, 6.45) is -9.00. The molecule has 0 radical (unpaired) electrons. The van der Waals surface area contributed by atoms with Gasteiger partial charge in [-0.05, 0) is 36.7 Å². The predicted molar refractivity (Wildman–Crippen MR) is 103 cm³/mol. The molecule has 0 aliphatic rings. The summed E-state index contributed by atoms with van der Waals surface area (Å²) in [7, 11) is 0. The van der Waals surface area contributed by atoms with Crippen molar-refractivity contribution in [2.24, 2.45) is 5.73 Å². The van der Waals surface area contributed by atoms with E-state index in [1.165, 1.54) is 0 Å². The molecule has 0 spiro atoms. The molecule has 2 nitrogen and oxygen atoms in total. The van der Waals surface area contributed by atoms with E-state index in [2.05, 4.69) is 11.9 Å². The SMILES string of the molecule is C=C(NCCCN)c1ccccc1SCc1ccc(C(F)(F)F)cc1C(F)(F)F. The normalized spacial score (nSPS) is 12.1. The molecule has 0 unspecified atom stereocenters. The fourth-order valence-corrected chi connectivity index (χ4v) is 3.66. The van der Waals surface area contributed by atoms with E-state index in [9.17, 15) is 26.3 Å². The van der Waals surface area contributed by atoms with Gasteiger partial charge < -0.3 is 11.1 Å². The summed E-state index contributed by atoms with van der Waals surface area (Å²) in [5, 5.41) is 3.11. The third-order valence-corrected chi connectivity index (χ3v) is 5.18. The number of nitrogens with two attached hydrogens (primary N) is 1. The van der Waals surface area contributed by atoms with E-state index in [1.807, 2.05) is 0 Å². The third kappa shape index (κ3) is 6.43. The van der Waals surface area contributed by atoms with Crippen LogP contribution in [0.25, 0.3) is 5.70 Å². The van der Waals surface area contributed by atoms with Crippen molar-refractivity contribution in [3.05, 3.63) is 71.3 Å². The van der Waals surface area contributed by atoms with Crippen LogP contribution in [0.3, 0.4) is 0 Å². The maximum atomic E-state index is 13.3. The molecule has 2 aromatic carbocycles. The average molecular weight is 434 g/mol. The van der Waals surface area contributed by atoms with E-state index in [0.717, 1.165) is 29.8 Å². The first-order chi connectivity index (χ1) is 13.5. The number of nitrogens with one attached hydrogen (secondary N) is 1. The summed E-state index contributed by atoms with van der Waals surface area (Å²) in [5.41, 5.74) is 3.95. The lowest BCUT2D eigenvalue weighted by molar-refractivity contribution is -0.143. The molecule has 0 fully saturated rings. The summed E-state index contributed by atoms with van der Waals surface area (Å²) in [6.45, 7) is 5.05. The minimum absolute atomic E-state index is 0.139. The van der Waals surface area contributed by atoms with E-state index >= 15 is 0 Å². The van der Waals surface area contributed by atoms with Gasteiger partial charge in [0.2, 0.25) is 0 Å². The van der Waals surface area contributed by atoms with Crippen molar-refractivity contribution in [2.75, 3.05) is 13.1 Å².